The third kappa shape index (κ3) is 8.22. The van der Waals surface area contributed by atoms with Gasteiger partial charge in [-0.2, -0.15) is 0 Å². The van der Waals surface area contributed by atoms with Gasteiger partial charge in [0.2, 0.25) is 5.91 Å². The second kappa shape index (κ2) is 17.9. The molecule has 3 aliphatic heterocycles. The number of H-pyrrole nitrogens is 2. The van der Waals surface area contributed by atoms with E-state index in [0.29, 0.717) is 43.4 Å². The van der Waals surface area contributed by atoms with E-state index in [1.54, 1.807) is 18.2 Å². The molecule has 3 aliphatic rings. The molecule has 65 heavy (non-hydrogen) atoms. The number of aromatic nitrogens is 4. The summed E-state index contributed by atoms with van der Waals surface area (Å²) in [6, 6.07) is 21.3. The Morgan fingerprint density at radius 3 is 2.40 bits per heavy atom. The zero-order valence-corrected chi connectivity index (χ0v) is 37.3. The third-order valence-electron chi connectivity index (χ3n) is 13.1. The highest BCUT2D eigenvalue weighted by Crippen LogP contribution is 2.44. The molecule has 4 N–H and O–H groups in total. The largest absolute Gasteiger partial charge is 0.488 e. The van der Waals surface area contributed by atoms with Crippen molar-refractivity contribution in [2.75, 3.05) is 34.5 Å². The molecule has 16 heteroatoms. The summed E-state index contributed by atoms with van der Waals surface area (Å²) in [6.07, 6.45) is 2.64. The van der Waals surface area contributed by atoms with Crippen LogP contribution in [0.1, 0.15) is 80.9 Å². The van der Waals surface area contributed by atoms with Crippen LogP contribution in [0.25, 0.3) is 44.2 Å². The number of imidazole rings is 2. The number of aromatic amines is 2. The molecule has 0 spiro atoms. The summed E-state index contributed by atoms with van der Waals surface area (Å²) in [5, 5.41) is 7.42. The van der Waals surface area contributed by atoms with Gasteiger partial charge in [-0.15, -0.1) is 0 Å². The Morgan fingerprint density at radius 1 is 0.862 bits per heavy atom. The molecule has 0 aliphatic carbocycles. The van der Waals surface area contributed by atoms with E-state index in [4.69, 9.17) is 28.9 Å². The van der Waals surface area contributed by atoms with Crippen LogP contribution in [0.3, 0.4) is 0 Å². The highest BCUT2D eigenvalue weighted by Gasteiger charge is 2.43. The Morgan fingerprint density at radius 2 is 1.65 bits per heavy atom. The summed E-state index contributed by atoms with van der Waals surface area (Å²) < 4.78 is 21.7. The van der Waals surface area contributed by atoms with Crippen molar-refractivity contribution in [3.8, 4) is 28.1 Å². The Hall–Kier alpha value is -6.94. The molecule has 4 amide bonds. The first kappa shape index (κ1) is 43.3. The van der Waals surface area contributed by atoms with E-state index in [0.717, 1.165) is 68.3 Å². The highest BCUT2D eigenvalue weighted by atomic mass is 16.5. The van der Waals surface area contributed by atoms with E-state index in [1.165, 1.54) is 14.2 Å². The molecular weight excluding hydrogens is 829 g/mol. The Bertz CT molecular complexity index is 2770. The van der Waals surface area contributed by atoms with Gasteiger partial charge in [0.15, 0.2) is 0 Å². The van der Waals surface area contributed by atoms with Gasteiger partial charge < -0.3 is 49.3 Å². The van der Waals surface area contributed by atoms with Gasteiger partial charge in [-0.3, -0.25) is 9.59 Å². The quantitative estimate of drug-likeness (QED) is 0.100. The van der Waals surface area contributed by atoms with Gasteiger partial charge in [0, 0.05) is 36.6 Å². The van der Waals surface area contributed by atoms with E-state index in [1.807, 2.05) is 62.1 Å². The second-order valence-corrected chi connectivity index (χ2v) is 17.6. The zero-order valence-electron chi connectivity index (χ0n) is 37.3. The Labute approximate surface area is 376 Å². The summed E-state index contributed by atoms with van der Waals surface area (Å²) in [6.45, 7) is 7.11. The summed E-state index contributed by atoms with van der Waals surface area (Å²) >= 11 is 0. The van der Waals surface area contributed by atoms with Crippen LogP contribution in [-0.2, 0) is 30.4 Å². The molecule has 6 aromatic rings. The highest BCUT2D eigenvalue weighted by molar-refractivity contribution is 6.07. The van der Waals surface area contributed by atoms with Crippen molar-refractivity contribution in [3.63, 3.8) is 0 Å². The van der Waals surface area contributed by atoms with Crippen LogP contribution in [0, 0.1) is 11.8 Å². The SMILES string of the molecule is COCC1C[C@@H](c2ncc(-c3ccc4c(c3)COc3cc5c(ccc6[nH]c([C@@H]7CC[C@H](C)N7C(=O)[C@@H](NC(=O)OC)C(C)C)nc65)cc3-4)[nH]2)N(C(=O)[C@H](NC(=O)OC)c2ccccc2)C1. The van der Waals surface area contributed by atoms with Crippen LogP contribution in [0.2, 0.25) is 0 Å². The predicted octanol–water partition coefficient (Wildman–Crippen LogP) is 7.73. The number of methoxy groups -OCH3 is 3. The van der Waals surface area contributed by atoms with Crippen LogP contribution in [0.4, 0.5) is 9.59 Å². The molecule has 4 aromatic carbocycles. The van der Waals surface area contributed by atoms with Crippen molar-refractivity contribution >= 4 is 45.8 Å². The average Bonchev–Trinajstić information content (AvgIpc) is 4.15. The van der Waals surface area contributed by atoms with E-state index in [2.05, 4.69) is 57.0 Å². The number of carbonyl (C=O) groups is 4. The van der Waals surface area contributed by atoms with Gasteiger partial charge in [-0.05, 0) is 84.0 Å². The van der Waals surface area contributed by atoms with E-state index >= 15 is 0 Å². The minimum absolute atomic E-state index is 0.0342. The molecular formula is C49H54N8O8. The van der Waals surface area contributed by atoms with Gasteiger partial charge in [0.1, 0.15) is 36.1 Å². The van der Waals surface area contributed by atoms with Gasteiger partial charge >= 0.3 is 12.2 Å². The third-order valence-corrected chi connectivity index (χ3v) is 13.1. The molecule has 0 bridgehead atoms. The average molecular weight is 883 g/mol. The first-order valence-electron chi connectivity index (χ1n) is 22.1. The maximum Gasteiger partial charge on any atom is 0.407 e. The van der Waals surface area contributed by atoms with Crippen molar-refractivity contribution in [2.45, 2.75) is 76.8 Å². The second-order valence-electron chi connectivity index (χ2n) is 17.6. The number of nitrogens with one attached hydrogen (secondary N) is 4. The lowest BCUT2D eigenvalue weighted by atomic mass is 9.92. The van der Waals surface area contributed by atoms with Crippen LogP contribution < -0.4 is 15.4 Å². The molecule has 2 aromatic heterocycles. The number of carbonyl (C=O) groups excluding carboxylic acids is 4. The van der Waals surface area contributed by atoms with Crippen LogP contribution in [0.15, 0.2) is 79.0 Å². The molecule has 2 saturated heterocycles. The van der Waals surface area contributed by atoms with Crippen molar-refractivity contribution in [1.82, 2.24) is 40.4 Å². The summed E-state index contributed by atoms with van der Waals surface area (Å²) in [7, 11) is 4.22. The molecule has 1 unspecified atom stereocenters. The number of fused-ring (bicyclic) bond motifs is 6. The predicted molar refractivity (Wildman–Crippen MR) is 243 cm³/mol. The van der Waals surface area contributed by atoms with Gasteiger partial charge in [-0.1, -0.05) is 62.4 Å². The molecule has 6 atom stereocenters. The monoisotopic (exact) mass is 882 g/mol. The van der Waals surface area contributed by atoms with Crippen molar-refractivity contribution < 1.29 is 38.1 Å². The number of benzene rings is 4. The number of hydrogen-bond acceptors (Lipinski definition) is 10. The van der Waals surface area contributed by atoms with Crippen LogP contribution >= 0.6 is 0 Å². The lowest BCUT2D eigenvalue weighted by Crippen LogP contribution is -2.52. The summed E-state index contributed by atoms with van der Waals surface area (Å²) in [5.74, 6) is 1.61. The molecule has 5 heterocycles. The Balaban J connectivity index is 0.974. The van der Waals surface area contributed by atoms with Crippen LogP contribution in [-0.4, -0.2) is 100 Å². The van der Waals surface area contributed by atoms with Crippen molar-refractivity contribution in [2.24, 2.45) is 11.8 Å². The minimum atomic E-state index is -0.948. The minimum Gasteiger partial charge on any atom is -0.488 e. The fraction of sp³-hybridized carbons (Fsp3) is 0.388. The zero-order chi connectivity index (χ0) is 45.5. The number of hydrogen-bond donors (Lipinski definition) is 4. The van der Waals surface area contributed by atoms with Gasteiger partial charge in [0.25, 0.3) is 5.91 Å². The molecule has 0 radical (unpaired) electrons. The molecule has 0 saturated carbocycles. The Kier molecular flexibility index (Phi) is 11.9. The van der Waals surface area contributed by atoms with Gasteiger partial charge in [0.05, 0.1) is 55.8 Å². The molecule has 16 nitrogen and oxygen atoms in total. The summed E-state index contributed by atoms with van der Waals surface area (Å²) in [4.78, 5) is 73.5. The fourth-order valence-electron chi connectivity index (χ4n) is 9.83. The standard InChI is InChI=1S/C49H54N8O8/c1-26(2)41(54-48(60)63-5)47(59)57-27(3)12-17-38(57)45-51-36-16-14-30-20-35-33-15-13-31(19-32(33)25-65-40(35)21-34(30)43(36)53-45)37-22-50-44(52-37)39-18-28(24-62-4)23-56(39)46(58)42(55-49(61)64-6)29-10-8-7-9-11-29/h7-11,13-16,19-22,26-28,38-39,41-42H,12,17-18,23-25H2,1-6H3,(H,50,52)(H,51,53)(H,54,60)(H,55,61)/t27-,28?,38-,39-,41-,42+/m0/s1. The first-order chi connectivity index (χ1) is 31.5. The lowest BCUT2D eigenvalue weighted by Gasteiger charge is -2.32. The van der Waals surface area contributed by atoms with E-state index in [9.17, 15) is 19.2 Å². The van der Waals surface area contributed by atoms with Crippen molar-refractivity contribution in [1.29, 1.82) is 0 Å². The number of ether oxygens (including phenoxy) is 4. The molecule has 2 fully saturated rings. The number of rotatable bonds is 11. The van der Waals surface area contributed by atoms with E-state index < -0.39 is 24.3 Å². The molecule has 9 rings (SSSR count). The van der Waals surface area contributed by atoms with Crippen LogP contribution in [0.5, 0.6) is 5.75 Å². The topological polar surface area (TPSA) is 193 Å². The number of likely N-dealkylation sites (tertiary alicyclic amines) is 2. The fourth-order valence-corrected chi connectivity index (χ4v) is 9.83. The normalized spacial score (nSPS) is 20.0. The summed E-state index contributed by atoms with van der Waals surface area (Å²) in [5.41, 5.74) is 7.09. The number of nitrogens with zero attached hydrogens (tertiary/aromatic N) is 4. The number of alkyl carbamates (subject to hydrolysis) is 2. The number of amides is 4. The van der Waals surface area contributed by atoms with Crippen molar-refractivity contribution in [3.05, 3.63) is 102 Å². The lowest BCUT2D eigenvalue weighted by molar-refractivity contribution is -0.137. The smallest absolute Gasteiger partial charge is 0.407 e. The maximum absolute atomic E-state index is 14.3. The maximum atomic E-state index is 14.3. The van der Waals surface area contributed by atoms with E-state index in [-0.39, 0.29) is 41.8 Å². The molecule has 338 valence electrons. The first-order valence-corrected chi connectivity index (χ1v) is 22.1. The van der Waals surface area contributed by atoms with Gasteiger partial charge in [-0.25, -0.2) is 19.6 Å².